The van der Waals surface area contributed by atoms with Gasteiger partial charge in [-0.15, -0.1) is 0 Å². The van der Waals surface area contributed by atoms with Gasteiger partial charge < -0.3 is 14.1 Å². The van der Waals surface area contributed by atoms with Gasteiger partial charge in [-0.1, -0.05) is 52.3 Å². The van der Waals surface area contributed by atoms with Gasteiger partial charge in [0.25, 0.3) is 5.91 Å². The van der Waals surface area contributed by atoms with E-state index in [0.717, 1.165) is 41.0 Å². The zero-order valence-electron chi connectivity index (χ0n) is 17.9. The van der Waals surface area contributed by atoms with E-state index in [9.17, 15) is 4.79 Å². The average molecular weight is 483 g/mol. The van der Waals surface area contributed by atoms with E-state index in [1.54, 1.807) is 6.07 Å². The predicted molar refractivity (Wildman–Crippen MR) is 124 cm³/mol. The Hall–Kier alpha value is -2.57. The van der Waals surface area contributed by atoms with Gasteiger partial charge in [0.1, 0.15) is 18.1 Å². The Kier molecular flexibility index (Phi) is 6.78. The van der Waals surface area contributed by atoms with Gasteiger partial charge >= 0.3 is 0 Å². The van der Waals surface area contributed by atoms with Crippen LogP contribution in [0.2, 0.25) is 0 Å². The van der Waals surface area contributed by atoms with Crippen molar-refractivity contribution in [3.8, 4) is 5.75 Å². The van der Waals surface area contributed by atoms with Crippen molar-refractivity contribution in [2.75, 3.05) is 26.2 Å². The van der Waals surface area contributed by atoms with Gasteiger partial charge in [-0.2, -0.15) is 0 Å². The fourth-order valence-electron chi connectivity index (χ4n) is 3.87. The molecule has 1 aliphatic heterocycles. The molecule has 1 amide bonds. The number of ether oxygens (including phenoxy) is 1. The molecule has 1 fully saturated rings. The van der Waals surface area contributed by atoms with Crippen LogP contribution in [0.4, 0.5) is 0 Å². The van der Waals surface area contributed by atoms with Crippen LogP contribution in [0.5, 0.6) is 5.75 Å². The summed E-state index contributed by atoms with van der Waals surface area (Å²) in [5, 5.41) is 0. The molecule has 2 heterocycles. The van der Waals surface area contributed by atoms with Crippen LogP contribution in [0.25, 0.3) is 0 Å². The van der Waals surface area contributed by atoms with Crippen molar-refractivity contribution < 1.29 is 13.9 Å². The molecule has 0 unspecified atom stereocenters. The molecular weight excluding hydrogens is 456 g/mol. The maximum atomic E-state index is 12.9. The van der Waals surface area contributed by atoms with Crippen LogP contribution in [0, 0.1) is 13.8 Å². The maximum Gasteiger partial charge on any atom is 0.289 e. The van der Waals surface area contributed by atoms with Crippen LogP contribution in [-0.2, 0) is 13.2 Å². The minimum Gasteiger partial charge on any atom is -0.485 e. The second-order valence-electron chi connectivity index (χ2n) is 7.94. The zero-order chi connectivity index (χ0) is 21.8. The summed E-state index contributed by atoms with van der Waals surface area (Å²) in [6.45, 7) is 8.30. The highest BCUT2D eigenvalue weighted by atomic mass is 79.9. The Labute approximate surface area is 191 Å². The average Bonchev–Trinajstić information content (AvgIpc) is 3.24. The molecule has 0 spiro atoms. The van der Waals surface area contributed by atoms with Gasteiger partial charge in [0, 0.05) is 37.2 Å². The Morgan fingerprint density at radius 1 is 0.968 bits per heavy atom. The topological polar surface area (TPSA) is 45.9 Å². The highest BCUT2D eigenvalue weighted by molar-refractivity contribution is 9.10. The fourth-order valence-corrected chi connectivity index (χ4v) is 4.28. The van der Waals surface area contributed by atoms with Gasteiger partial charge in [0.2, 0.25) is 0 Å². The summed E-state index contributed by atoms with van der Waals surface area (Å²) in [6, 6.07) is 17.9. The van der Waals surface area contributed by atoms with Gasteiger partial charge in [-0.25, -0.2) is 0 Å². The van der Waals surface area contributed by atoms with E-state index in [0.29, 0.717) is 31.2 Å². The van der Waals surface area contributed by atoms with Crippen molar-refractivity contribution in [1.29, 1.82) is 0 Å². The summed E-state index contributed by atoms with van der Waals surface area (Å²) in [5.74, 6) is 1.84. The number of hydrogen-bond acceptors (Lipinski definition) is 4. The van der Waals surface area contributed by atoms with Gasteiger partial charge in [0.15, 0.2) is 5.76 Å². The monoisotopic (exact) mass is 482 g/mol. The molecule has 1 aromatic heterocycles. The number of carbonyl (C=O) groups excluding carboxylic acids is 1. The van der Waals surface area contributed by atoms with E-state index >= 15 is 0 Å². The molecule has 0 N–H and O–H groups in total. The van der Waals surface area contributed by atoms with Crippen LogP contribution in [-0.4, -0.2) is 41.9 Å². The summed E-state index contributed by atoms with van der Waals surface area (Å²) in [4.78, 5) is 17.1. The molecule has 162 valence electrons. The number of piperazine rings is 1. The second kappa shape index (κ2) is 9.71. The molecule has 6 heteroatoms. The zero-order valence-corrected chi connectivity index (χ0v) is 19.5. The summed E-state index contributed by atoms with van der Waals surface area (Å²) in [7, 11) is 0. The van der Waals surface area contributed by atoms with Crippen LogP contribution < -0.4 is 4.74 Å². The molecule has 1 aliphatic rings. The molecule has 2 aromatic carbocycles. The number of benzene rings is 2. The van der Waals surface area contributed by atoms with Crippen molar-refractivity contribution >= 4 is 21.8 Å². The second-order valence-corrected chi connectivity index (χ2v) is 8.79. The smallest absolute Gasteiger partial charge is 0.289 e. The fraction of sp³-hybridized carbons (Fsp3) is 0.320. The van der Waals surface area contributed by atoms with Gasteiger partial charge in [0.05, 0.1) is 0 Å². The van der Waals surface area contributed by atoms with E-state index in [2.05, 4.69) is 39.0 Å². The van der Waals surface area contributed by atoms with Crippen molar-refractivity contribution in [1.82, 2.24) is 9.80 Å². The number of carbonyl (C=O) groups is 1. The standard InChI is InChI=1S/C25H27BrN2O3/c1-18-6-5-7-19(2)24(18)30-17-21-10-11-23(31-21)25(29)28-14-12-27(13-15-28)16-20-8-3-4-9-22(20)26/h3-11H,12-17H2,1-2H3. The Bertz CT molecular complexity index is 1030. The normalized spacial score (nSPS) is 14.6. The Balaban J connectivity index is 1.30. The number of aryl methyl sites for hydroxylation is 2. The van der Waals surface area contributed by atoms with Crippen LogP contribution in [0.1, 0.15) is 33.0 Å². The number of furan rings is 1. The molecule has 4 rings (SSSR count). The van der Waals surface area contributed by atoms with E-state index in [-0.39, 0.29) is 5.91 Å². The van der Waals surface area contributed by atoms with Crippen molar-refractivity contribution in [2.45, 2.75) is 27.0 Å². The van der Waals surface area contributed by atoms with Crippen LogP contribution in [0.3, 0.4) is 0 Å². The molecule has 0 saturated carbocycles. The molecule has 0 radical (unpaired) electrons. The van der Waals surface area contributed by atoms with E-state index in [1.165, 1.54) is 5.56 Å². The third-order valence-corrected chi connectivity index (χ3v) is 6.42. The highest BCUT2D eigenvalue weighted by Gasteiger charge is 2.24. The lowest BCUT2D eigenvalue weighted by Gasteiger charge is -2.34. The van der Waals surface area contributed by atoms with Gasteiger partial charge in [-0.05, 0) is 48.7 Å². The quantitative estimate of drug-likeness (QED) is 0.484. The van der Waals surface area contributed by atoms with Crippen LogP contribution >= 0.6 is 15.9 Å². The third kappa shape index (κ3) is 5.20. The largest absolute Gasteiger partial charge is 0.485 e. The minimum atomic E-state index is -0.0566. The highest BCUT2D eigenvalue weighted by Crippen LogP contribution is 2.24. The molecule has 0 atom stereocenters. The van der Waals surface area contributed by atoms with E-state index < -0.39 is 0 Å². The van der Waals surface area contributed by atoms with E-state index in [4.69, 9.17) is 9.15 Å². The lowest BCUT2D eigenvalue weighted by Crippen LogP contribution is -2.48. The van der Waals surface area contributed by atoms with Crippen molar-refractivity contribution in [2.24, 2.45) is 0 Å². The summed E-state index contributed by atoms with van der Waals surface area (Å²) < 4.78 is 12.9. The first-order chi connectivity index (χ1) is 15.0. The summed E-state index contributed by atoms with van der Waals surface area (Å²) in [5.41, 5.74) is 3.44. The molecule has 3 aromatic rings. The number of amides is 1. The maximum absolute atomic E-state index is 12.9. The molecule has 0 bridgehead atoms. The van der Waals surface area contributed by atoms with Crippen LogP contribution in [0.15, 0.2) is 63.5 Å². The molecule has 0 aliphatic carbocycles. The van der Waals surface area contributed by atoms with Crippen molar-refractivity contribution in [3.63, 3.8) is 0 Å². The Morgan fingerprint density at radius 3 is 2.39 bits per heavy atom. The lowest BCUT2D eigenvalue weighted by atomic mass is 10.1. The minimum absolute atomic E-state index is 0.0566. The number of para-hydroxylation sites is 1. The number of nitrogens with zero attached hydrogens (tertiary/aromatic N) is 2. The van der Waals surface area contributed by atoms with E-state index in [1.807, 2.05) is 49.1 Å². The first-order valence-corrected chi connectivity index (χ1v) is 11.3. The first-order valence-electron chi connectivity index (χ1n) is 10.5. The SMILES string of the molecule is Cc1cccc(C)c1OCc1ccc(C(=O)N2CCN(Cc3ccccc3Br)CC2)o1. The summed E-state index contributed by atoms with van der Waals surface area (Å²) >= 11 is 3.61. The van der Waals surface area contributed by atoms with Gasteiger partial charge in [-0.3, -0.25) is 9.69 Å². The summed E-state index contributed by atoms with van der Waals surface area (Å²) in [6.07, 6.45) is 0. The molecule has 31 heavy (non-hydrogen) atoms. The number of rotatable bonds is 6. The number of hydrogen-bond donors (Lipinski definition) is 0. The molecular formula is C25H27BrN2O3. The number of halogens is 1. The first kappa shape index (κ1) is 21.7. The predicted octanol–water partition coefficient (Wildman–Crippen LogP) is 5.20. The molecule has 5 nitrogen and oxygen atoms in total. The lowest BCUT2D eigenvalue weighted by molar-refractivity contribution is 0.0594. The third-order valence-electron chi connectivity index (χ3n) is 5.65. The Morgan fingerprint density at radius 2 is 1.68 bits per heavy atom. The molecule has 1 saturated heterocycles. The van der Waals surface area contributed by atoms with Crippen molar-refractivity contribution in [3.05, 3.63) is 87.3 Å².